The van der Waals surface area contributed by atoms with Gasteiger partial charge in [-0.25, -0.2) is 4.98 Å². The van der Waals surface area contributed by atoms with E-state index in [1.807, 2.05) is 34.9 Å². The third-order valence-electron chi connectivity index (χ3n) is 6.01. The third kappa shape index (κ3) is 6.03. The molecule has 1 aliphatic carbocycles. The molecule has 1 aliphatic rings. The van der Waals surface area contributed by atoms with Crippen LogP contribution in [0.2, 0.25) is 0 Å². The average molecular weight is 488 g/mol. The predicted octanol–water partition coefficient (Wildman–Crippen LogP) is 6.59. The van der Waals surface area contributed by atoms with Gasteiger partial charge in [-0.2, -0.15) is 13.2 Å². The van der Waals surface area contributed by atoms with Crippen molar-refractivity contribution < 1.29 is 18.0 Å². The van der Waals surface area contributed by atoms with Crippen molar-refractivity contribution in [3.05, 3.63) is 71.3 Å². The lowest BCUT2D eigenvalue weighted by atomic mass is 9.97. The molecule has 0 unspecified atom stereocenters. The third-order valence-corrected chi connectivity index (χ3v) is 7.10. The summed E-state index contributed by atoms with van der Waals surface area (Å²) in [5.74, 6) is -0.101. The quantitative estimate of drug-likeness (QED) is 0.288. The van der Waals surface area contributed by atoms with Gasteiger partial charge in [0.1, 0.15) is 0 Å². The highest BCUT2D eigenvalue weighted by Crippen LogP contribution is 2.34. The zero-order valence-electron chi connectivity index (χ0n) is 19.1. The zero-order chi connectivity index (χ0) is 24.1. The highest BCUT2D eigenvalue weighted by Gasteiger charge is 2.31. The fourth-order valence-electron chi connectivity index (χ4n) is 4.13. The number of halogens is 3. The van der Waals surface area contributed by atoms with Crippen LogP contribution in [-0.4, -0.2) is 27.3 Å². The Morgan fingerprint density at radius 1 is 1.18 bits per heavy atom. The molecule has 0 aliphatic heterocycles. The van der Waals surface area contributed by atoms with Crippen LogP contribution in [-0.2, 0) is 17.5 Å². The number of carbonyl (C=O) groups is 1. The summed E-state index contributed by atoms with van der Waals surface area (Å²) in [7, 11) is 0. The van der Waals surface area contributed by atoms with Gasteiger partial charge in [-0.3, -0.25) is 4.79 Å². The van der Waals surface area contributed by atoms with E-state index >= 15 is 0 Å². The monoisotopic (exact) mass is 487 g/mol. The first kappa shape index (κ1) is 24.4. The summed E-state index contributed by atoms with van der Waals surface area (Å²) in [6.45, 7) is 2.84. The average Bonchev–Trinajstić information content (AvgIpc) is 3.16. The zero-order valence-corrected chi connectivity index (χ0v) is 19.9. The lowest BCUT2D eigenvalue weighted by molar-refractivity contribution is -0.137. The minimum absolute atomic E-state index is 0.101. The molecule has 1 amide bonds. The molecule has 4 rings (SSSR count). The summed E-state index contributed by atoms with van der Waals surface area (Å²) >= 11 is 1.27. The Kier molecular flexibility index (Phi) is 7.66. The van der Waals surface area contributed by atoms with Crippen molar-refractivity contribution in [2.24, 2.45) is 0 Å². The highest BCUT2D eigenvalue weighted by atomic mass is 32.2. The number of fused-ring (bicyclic) bond motifs is 1. The maximum Gasteiger partial charge on any atom is 0.416 e. The number of carbonyl (C=O) groups excluding carboxylic acids is 1. The Morgan fingerprint density at radius 2 is 1.97 bits per heavy atom. The number of benzene rings is 2. The lowest BCUT2D eigenvalue weighted by Gasteiger charge is -2.15. The summed E-state index contributed by atoms with van der Waals surface area (Å²) in [4.78, 5) is 17.2. The van der Waals surface area contributed by atoms with E-state index in [2.05, 4.69) is 16.4 Å². The molecule has 8 heteroatoms. The van der Waals surface area contributed by atoms with Gasteiger partial charge in [0.15, 0.2) is 5.16 Å². The van der Waals surface area contributed by atoms with Gasteiger partial charge in [0.25, 0.3) is 0 Å². The molecule has 0 fully saturated rings. The first-order chi connectivity index (χ1) is 16.3. The molecule has 0 bridgehead atoms. The summed E-state index contributed by atoms with van der Waals surface area (Å²) in [5.41, 5.74) is 2.54. The number of hydrogen-bond acceptors (Lipinski definition) is 3. The molecule has 0 saturated carbocycles. The van der Waals surface area contributed by atoms with Crippen molar-refractivity contribution in [1.82, 2.24) is 14.9 Å². The van der Waals surface area contributed by atoms with E-state index < -0.39 is 17.0 Å². The van der Waals surface area contributed by atoms with E-state index in [0.29, 0.717) is 23.8 Å². The molecule has 180 valence electrons. The largest absolute Gasteiger partial charge is 0.416 e. The van der Waals surface area contributed by atoms with Gasteiger partial charge in [0.05, 0.1) is 28.4 Å². The van der Waals surface area contributed by atoms with Crippen LogP contribution < -0.4 is 5.32 Å². The number of nitrogens with zero attached hydrogens (tertiary/aromatic N) is 2. The molecular formula is C26H28F3N3OS. The fraction of sp³-hybridized carbons (Fsp3) is 0.385. The van der Waals surface area contributed by atoms with Crippen molar-refractivity contribution in [1.29, 1.82) is 0 Å². The molecule has 1 aromatic heterocycles. The predicted molar refractivity (Wildman–Crippen MR) is 130 cm³/mol. The minimum atomic E-state index is -4.44. The Labute approximate surface area is 201 Å². The molecule has 34 heavy (non-hydrogen) atoms. The molecule has 0 spiro atoms. The van der Waals surface area contributed by atoms with Crippen molar-refractivity contribution in [3.8, 4) is 0 Å². The number of alkyl halides is 3. The van der Waals surface area contributed by atoms with Crippen LogP contribution in [0.5, 0.6) is 0 Å². The standard InChI is InChI=1S/C26H28F3N3OS/c1-18(24(33)30-15-14-19-8-4-2-5-9-19)34-25-31-22-16-21(26(27,28)29)12-13-23(22)32(25)17-20-10-6-3-7-11-20/h3,6-8,10-13,16,18H,2,4-5,9,14-15,17H2,1H3,(H,30,33)/t18-/m0/s1. The summed E-state index contributed by atoms with van der Waals surface area (Å²) in [6, 6.07) is 13.3. The topological polar surface area (TPSA) is 46.9 Å². The molecule has 2 aromatic carbocycles. The molecular weight excluding hydrogens is 459 g/mol. The number of allylic oxidation sites excluding steroid dienone is 1. The number of imidazole rings is 1. The van der Waals surface area contributed by atoms with Gasteiger partial charge in [-0.15, -0.1) is 0 Å². The summed E-state index contributed by atoms with van der Waals surface area (Å²) in [5, 5.41) is 3.08. The van der Waals surface area contributed by atoms with Gasteiger partial charge in [-0.1, -0.05) is 53.7 Å². The first-order valence-corrected chi connectivity index (χ1v) is 12.4. The van der Waals surface area contributed by atoms with Gasteiger partial charge >= 0.3 is 6.18 Å². The Balaban J connectivity index is 1.52. The van der Waals surface area contributed by atoms with Crippen LogP contribution >= 0.6 is 11.8 Å². The number of aromatic nitrogens is 2. The van der Waals surface area contributed by atoms with E-state index in [-0.39, 0.29) is 11.4 Å². The minimum Gasteiger partial charge on any atom is -0.355 e. The second-order valence-electron chi connectivity index (χ2n) is 8.58. The first-order valence-electron chi connectivity index (χ1n) is 11.5. The Morgan fingerprint density at radius 3 is 2.68 bits per heavy atom. The summed E-state index contributed by atoms with van der Waals surface area (Å²) < 4.78 is 41.6. The van der Waals surface area contributed by atoms with Crippen molar-refractivity contribution in [2.75, 3.05) is 6.54 Å². The van der Waals surface area contributed by atoms with Crippen molar-refractivity contribution >= 4 is 28.7 Å². The van der Waals surface area contributed by atoms with Crippen LogP contribution in [0.4, 0.5) is 13.2 Å². The van der Waals surface area contributed by atoms with E-state index in [1.165, 1.54) is 36.2 Å². The van der Waals surface area contributed by atoms with E-state index in [4.69, 9.17) is 0 Å². The van der Waals surface area contributed by atoms with Gasteiger partial charge in [0, 0.05) is 6.54 Å². The maximum absolute atomic E-state index is 13.2. The molecule has 1 heterocycles. The highest BCUT2D eigenvalue weighted by molar-refractivity contribution is 8.00. The fourth-order valence-corrected chi connectivity index (χ4v) is 5.07. The molecule has 1 atom stereocenters. The van der Waals surface area contributed by atoms with E-state index in [9.17, 15) is 18.0 Å². The number of thioether (sulfide) groups is 1. The number of rotatable bonds is 8. The molecule has 4 nitrogen and oxygen atoms in total. The Bertz CT molecular complexity index is 1170. The second-order valence-corrected chi connectivity index (χ2v) is 9.88. The van der Waals surface area contributed by atoms with Gasteiger partial charge in [0.2, 0.25) is 5.91 Å². The maximum atomic E-state index is 13.2. The molecule has 0 saturated heterocycles. The molecule has 3 aromatic rings. The smallest absolute Gasteiger partial charge is 0.355 e. The van der Waals surface area contributed by atoms with E-state index in [0.717, 1.165) is 37.0 Å². The number of nitrogens with one attached hydrogen (secondary N) is 1. The van der Waals surface area contributed by atoms with Crippen molar-refractivity contribution in [3.63, 3.8) is 0 Å². The van der Waals surface area contributed by atoms with Gasteiger partial charge < -0.3 is 9.88 Å². The van der Waals surface area contributed by atoms with Crippen LogP contribution in [0.15, 0.2) is 65.3 Å². The van der Waals surface area contributed by atoms with Crippen LogP contribution in [0.25, 0.3) is 11.0 Å². The second kappa shape index (κ2) is 10.7. The van der Waals surface area contributed by atoms with Crippen LogP contribution in [0, 0.1) is 0 Å². The molecule has 0 radical (unpaired) electrons. The van der Waals surface area contributed by atoms with Gasteiger partial charge in [-0.05, 0) is 62.8 Å². The molecule has 1 N–H and O–H groups in total. The number of amides is 1. The van der Waals surface area contributed by atoms with Crippen molar-refractivity contribution in [2.45, 2.75) is 62.2 Å². The SMILES string of the molecule is C[C@H](Sc1nc2cc(C(F)(F)F)ccc2n1Cc1ccccc1)C(=O)NCCC1=CCCCC1. The van der Waals surface area contributed by atoms with Crippen LogP contribution in [0.3, 0.4) is 0 Å². The summed E-state index contributed by atoms with van der Waals surface area (Å²) in [6.07, 6.45) is 3.35. The van der Waals surface area contributed by atoms with Crippen LogP contribution in [0.1, 0.15) is 50.2 Å². The van der Waals surface area contributed by atoms with E-state index in [1.54, 1.807) is 6.92 Å². The Hall–Kier alpha value is -2.74. The normalized spacial score (nSPS) is 15.2. The lowest BCUT2D eigenvalue weighted by Crippen LogP contribution is -2.32. The number of hydrogen-bond donors (Lipinski definition) is 1.